The number of aldehydes is 1. The van der Waals surface area contributed by atoms with Crippen LogP contribution in [-0.2, 0) is 15.8 Å². The summed E-state index contributed by atoms with van der Waals surface area (Å²) in [6.45, 7) is 11.6. The molecule has 0 atom stereocenters. The molecule has 0 saturated carbocycles. The van der Waals surface area contributed by atoms with Gasteiger partial charge in [0.15, 0.2) is 6.29 Å². The Morgan fingerprint density at radius 3 is 2.35 bits per heavy atom. The van der Waals surface area contributed by atoms with Crippen LogP contribution in [0.15, 0.2) is 30.3 Å². The zero-order valence-electron chi connectivity index (χ0n) is 16.9. The molecular formula is C23H29NO2. The Labute approximate surface area is 157 Å². The number of carbonyl (C=O) groups excluding carboxylic acids is 1. The second-order valence-corrected chi connectivity index (χ2v) is 8.65. The highest BCUT2D eigenvalue weighted by Crippen LogP contribution is 2.45. The summed E-state index contributed by atoms with van der Waals surface area (Å²) in [7, 11) is 3.97. The van der Waals surface area contributed by atoms with E-state index in [0.717, 1.165) is 17.5 Å². The number of rotatable bonds is 3. The van der Waals surface area contributed by atoms with Gasteiger partial charge in [0.05, 0.1) is 17.9 Å². The summed E-state index contributed by atoms with van der Waals surface area (Å²) >= 11 is 0. The van der Waals surface area contributed by atoms with E-state index in [2.05, 4.69) is 52.8 Å². The summed E-state index contributed by atoms with van der Waals surface area (Å²) in [6, 6.07) is 10.5. The van der Waals surface area contributed by atoms with E-state index in [4.69, 9.17) is 4.74 Å². The molecule has 0 N–H and O–H groups in total. The minimum Gasteiger partial charge on any atom is -0.377 e. The van der Waals surface area contributed by atoms with Gasteiger partial charge in [0.1, 0.15) is 0 Å². The lowest BCUT2D eigenvalue weighted by molar-refractivity contribution is -0.0587. The first-order valence-electron chi connectivity index (χ1n) is 9.14. The number of hydrogen-bond acceptors (Lipinski definition) is 3. The second kappa shape index (κ2) is 6.24. The van der Waals surface area contributed by atoms with Gasteiger partial charge in [-0.1, -0.05) is 32.0 Å². The first-order valence-corrected chi connectivity index (χ1v) is 9.14. The van der Waals surface area contributed by atoms with Crippen LogP contribution in [-0.4, -0.2) is 27.0 Å². The summed E-state index contributed by atoms with van der Waals surface area (Å²) < 4.78 is 6.15. The third kappa shape index (κ3) is 2.95. The van der Waals surface area contributed by atoms with Crippen LogP contribution in [0.3, 0.4) is 0 Å². The zero-order chi connectivity index (χ0) is 19.3. The number of hydrogen-bond donors (Lipinski definition) is 0. The van der Waals surface area contributed by atoms with Crippen molar-refractivity contribution in [3.8, 4) is 11.1 Å². The molecule has 1 heterocycles. The van der Waals surface area contributed by atoms with Crippen molar-refractivity contribution >= 4 is 12.0 Å². The molecule has 0 spiro atoms. The third-order valence-electron chi connectivity index (χ3n) is 5.47. The van der Waals surface area contributed by atoms with E-state index < -0.39 is 0 Å². The molecule has 0 aliphatic carbocycles. The number of fused-ring (bicyclic) bond motifs is 1. The van der Waals surface area contributed by atoms with Crippen LogP contribution in [0.1, 0.15) is 54.7 Å². The molecule has 0 radical (unpaired) electrons. The molecule has 0 amide bonds. The first-order chi connectivity index (χ1) is 12.1. The van der Waals surface area contributed by atoms with Gasteiger partial charge in [-0.05, 0) is 55.2 Å². The quantitative estimate of drug-likeness (QED) is 0.722. The molecule has 3 nitrogen and oxygen atoms in total. The van der Waals surface area contributed by atoms with Crippen LogP contribution in [0.5, 0.6) is 0 Å². The van der Waals surface area contributed by atoms with Gasteiger partial charge in [-0.3, -0.25) is 4.79 Å². The minimum absolute atomic E-state index is 0.0478. The number of anilines is 1. The van der Waals surface area contributed by atoms with Gasteiger partial charge < -0.3 is 9.64 Å². The maximum atomic E-state index is 11.6. The summed E-state index contributed by atoms with van der Waals surface area (Å²) in [5.74, 6) is 0. The lowest BCUT2D eigenvalue weighted by atomic mass is 9.73. The van der Waals surface area contributed by atoms with Crippen LogP contribution in [0, 0.1) is 6.92 Å². The fraction of sp³-hybridized carbons (Fsp3) is 0.435. The number of benzene rings is 2. The van der Waals surface area contributed by atoms with Crippen molar-refractivity contribution in [3.63, 3.8) is 0 Å². The standard InChI is InChI=1S/C23H29NO2/c1-15-11-20-19(22(2,3)14-26-23(20,4)5)12-18(15)17-10-8-9-16(13-25)21(17)24(6)7/h8-13H,14H2,1-7H3. The predicted octanol–water partition coefficient (Wildman–Crippen LogP) is 5.08. The van der Waals surface area contributed by atoms with E-state index in [1.165, 1.54) is 22.3 Å². The van der Waals surface area contributed by atoms with E-state index in [-0.39, 0.29) is 11.0 Å². The van der Waals surface area contributed by atoms with Crippen molar-refractivity contribution in [2.75, 3.05) is 25.6 Å². The molecule has 0 saturated heterocycles. The zero-order valence-corrected chi connectivity index (χ0v) is 16.9. The molecule has 26 heavy (non-hydrogen) atoms. The van der Waals surface area contributed by atoms with E-state index in [9.17, 15) is 4.79 Å². The average molecular weight is 351 g/mol. The highest BCUT2D eigenvalue weighted by molar-refractivity contribution is 5.93. The number of ether oxygens (including phenoxy) is 1. The molecule has 0 bridgehead atoms. The lowest BCUT2D eigenvalue weighted by Crippen LogP contribution is -2.40. The third-order valence-corrected chi connectivity index (χ3v) is 5.47. The van der Waals surface area contributed by atoms with Crippen molar-refractivity contribution in [1.29, 1.82) is 0 Å². The number of nitrogens with zero attached hydrogens (tertiary/aromatic N) is 1. The average Bonchev–Trinajstić information content (AvgIpc) is 2.58. The van der Waals surface area contributed by atoms with Gasteiger partial charge >= 0.3 is 0 Å². The SMILES string of the molecule is Cc1cc2c(cc1-c1cccc(C=O)c1N(C)C)C(C)(C)COC2(C)C. The van der Waals surface area contributed by atoms with Crippen LogP contribution in [0.25, 0.3) is 11.1 Å². The molecule has 0 fully saturated rings. The monoisotopic (exact) mass is 351 g/mol. The fourth-order valence-corrected chi connectivity index (χ4v) is 3.95. The van der Waals surface area contributed by atoms with Crippen molar-refractivity contribution < 1.29 is 9.53 Å². The van der Waals surface area contributed by atoms with Gasteiger partial charge in [0.2, 0.25) is 0 Å². The molecule has 2 aromatic carbocycles. The highest BCUT2D eigenvalue weighted by atomic mass is 16.5. The maximum absolute atomic E-state index is 11.6. The minimum atomic E-state index is -0.289. The van der Waals surface area contributed by atoms with E-state index in [0.29, 0.717) is 12.2 Å². The highest BCUT2D eigenvalue weighted by Gasteiger charge is 2.38. The molecule has 138 valence electrons. The van der Waals surface area contributed by atoms with Crippen molar-refractivity contribution in [3.05, 3.63) is 52.6 Å². The Bertz CT molecular complexity index is 863. The Kier molecular flexibility index (Phi) is 4.48. The van der Waals surface area contributed by atoms with Gasteiger partial charge in [-0.15, -0.1) is 0 Å². The van der Waals surface area contributed by atoms with E-state index >= 15 is 0 Å². The van der Waals surface area contributed by atoms with Gasteiger partial charge in [0.25, 0.3) is 0 Å². The lowest BCUT2D eigenvalue weighted by Gasteiger charge is -2.42. The molecular weight excluding hydrogens is 322 g/mol. The molecule has 1 aliphatic heterocycles. The van der Waals surface area contributed by atoms with Crippen molar-refractivity contribution in [1.82, 2.24) is 0 Å². The van der Waals surface area contributed by atoms with Crippen LogP contribution in [0.4, 0.5) is 5.69 Å². The molecule has 3 heteroatoms. The first kappa shape index (κ1) is 18.7. The van der Waals surface area contributed by atoms with Crippen molar-refractivity contribution in [2.45, 2.75) is 45.6 Å². The molecule has 0 unspecified atom stereocenters. The topological polar surface area (TPSA) is 29.5 Å². The molecule has 2 aromatic rings. The largest absolute Gasteiger partial charge is 0.377 e. The molecule has 1 aliphatic rings. The number of carbonyl (C=O) groups is 1. The summed E-state index contributed by atoms with van der Waals surface area (Å²) in [6.07, 6.45) is 0.938. The van der Waals surface area contributed by atoms with Crippen LogP contribution < -0.4 is 4.90 Å². The maximum Gasteiger partial charge on any atom is 0.152 e. The Balaban J connectivity index is 2.31. The summed E-state index contributed by atoms with van der Waals surface area (Å²) in [5.41, 5.74) is 7.41. The second-order valence-electron chi connectivity index (χ2n) is 8.65. The van der Waals surface area contributed by atoms with Gasteiger partial charge in [0, 0.05) is 30.6 Å². The molecule has 3 rings (SSSR count). The van der Waals surface area contributed by atoms with Crippen LogP contribution in [0.2, 0.25) is 0 Å². The normalized spacial score (nSPS) is 17.5. The van der Waals surface area contributed by atoms with Crippen LogP contribution >= 0.6 is 0 Å². The summed E-state index contributed by atoms with van der Waals surface area (Å²) in [4.78, 5) is 13.6. The summed E-state index contributed by atoms with van der Waals surface area (Å²) in [5, 5.41) is 0. The molecule has 0 aromatic heterocycles. The van der Waals surface area contributed by atoms with Gasteiger partial charge in [-0.25, -0.2) is 0 Å². The predicted molar refractivity (Wildman–Crippen MR) is 108 cm³/mol. The van der Waals surface area contributed by atoms with Gasteiger partial charge in [-0.2, -0.15) is 0 Å². The van der Waals surface area contributed by atoms with E-state index in [1.807, 2.05) is 31.1 Å². The number of aryl methyl sites for hydroxylation is 1. The Morgan fingerprint density at radius 1 is 1.04 bits per heavy atom. The smallest absolute Gasteiger partial charge is 0.152 e. The van der Waals surface area contributed by atoms with E-state index in [1.54, 1.807) is 0 Å². The fourth-order valence-electron chi connectivity index (χ4n) is 3.95. The number of para-hydroxylation sites is 1. The van der Waals surface area contributed by atoms with Crippen molar-refractivity contribution in [2.24, 2.45) is 0 Å². The Hall–Kier alpha value is -2.13. The Morgan fingerprint density at radius 2 is 1.73 bits per heavy atom.